The number of benzene rings is 1. The van der Waals surface area contributed by atoms with Gasteiger partial charge in [-0.2, -0.15) is 0 Å². The minimum atomic E-state index is 0.734. The van der Waals surface area contributed by atoms with Gasteiger partial charge >= 0.3 is 0 Å². The van der Waals surface area contributed by atoms with Crippen molar-refractivity contribution in [2.45, 2.75) is 24.5 Å². The normalized spacial score (nSPS) is 10.9. The molecule has 0 aliphatic carbocycles. The molecule has 0 aliphatic rings. The van der Waals surface area contributed by atoms with Crippen molar-refractivity contribution in [1.82, 2.24) is 4.98 Å². The molecule has 102 valence electrons. The lowest BCUT2D eigenvalue weighted by Crippen LogP contribution is -1.84. The Kier molecular flexibility index (Phi) is 3.94. The Balaban J connectivity index is 1.75. The summed E-state index contributed by atoms with van der Waals surface area (Å²) < 4.78 is 5.76. The third-order valence-electron chi connectivity index (χ3n) is 2.99. The lowest BCUT2D eigenvalue weighted by Gasteiger charge is -2.00. The quantitative estimate of drug-likeness (QED) is 0.611. The summed E-state index contributed by atoms with van der Waals surface area (Å²) in [4.78, 5) is 6.96. The molecule has 0 saturated carbocycles. The third-order valence-corrected chi connectivity index (χ3v) is 4.85. The Hall–Kier alpha value is -1.52. The first-order chi connectivity index (χ1) is 9.72. The third kappa shape index (κ3) is 2.97. The molecule has 0 saturated heterocycles. The number of thiophene rings is 1. The summed E-state index contributed by atoms with van der Waals surface area (Å²) in [6.45, 7) is 4.09. The molecule has 0 aliphatic heterocycles. The molecule has 0 bridgehead atoms. The van der Waals surface area contributed by atoms with Crippen LogP contribution >= 0.6 is 23.1 Å². The zero-order valence-corrected chi connectivity index (χ0v) is 13.1. The van der Waals surface area contributed by atoms with Crippen LogP contribution in [0.4, 0.5) is 0 Å². The standard InChI is InChI=1S/C16H15NOS2/c1-11-5-3-6-13(9-11)20-10-14-12(2)18-16(17-14)15-7-4-8-19-15/h3-9H,10H2,1-2H3. The van der Waals surface area contributed by atoms with E-state index in [-0.39, 0.29) is 0 Å². The largest absolute Gasteiger partial charge is 0.440 e. The van der Waals surface area contributed by atoms with Crippen molar-refractivity contribution in [2.24, 2.45) is 0 Å². The van der Waals surface area contributed by atoms with E-state index in [0.29, 0.717) is 0 Å². The van der Waals surface area contributed by atoms with Crippen molar-refractivity contribution in [1.29, 1.82) is 0 Å². The molecule has 3 aromatic rings. The van der Waals surface area contributed by atoms with Gasteiger partial charge in [-0.15, -0.1) is 23.1 Å². The Labute approximate surface area is 126 Å². The Bertz CT molecular complexity index is 701. The molecule has 0 radical (unpaired) electrons. The predicted octanol–water partition coefficient (Wildman–Crippen LogP) is 5.31. The van der Waals surface area contributed by atoms with Crippen LogP contribution in [0.2, 0.25) is 0 Å². The van der Waals surface area contributed by atoms with Crippen LogP contribution < -0.4 is 0 Å². The second kappa shape index (κ2) is 5.85. The molecule has 0 spiro atoms. The second-order valence-electron chi connectivity index (χ2n) is 4.60. The van der Waals surface area contributed by atoms with E-state index >= 15 is 0 Å². The number of aryl methyl sites for hydroxylation is 2. The molecular weight excluding hydrogens is 286 g/mol. The average molecular weight is 301 g/mol. The Morgan fingerprint density at radius 2 is 2.10 bits per heavy atom. The summed E-state index contributed by atoms with van der Waals surface area (Å²) in [6.07, 6.45) is 0. The van der Waals surface area contributed by atoms with E-state index < -0.39 is 0 Å². The van der Waals surface area contributed by atoms with Gasteiger partial charge in [-0.25, -0.2) is 4.98 Å². The molecule has 0 atom stereocenters. The highest BCUT2D eigenvalue weighted by atomic mass is 32.2. The smallest absolute Gasteiger partial charge is 0.236 e. The molecule has 0 N–H and O–H groups in total. The molecular formula is C16H15NOS2. The van der Waals surface area contributed by atoms with Gasteiger partial charge in [0.15, 0.2) is 0 Å². The van der Waals surface area contributed by atoms with Crippen LogP contribution in [0.1, 0.15) is 17.0 Å². The highest BCUT2D eigenvalue weighted by Gasteiger charge is 2.12. The van der Waals surface area contributed by atoms with E-state index in [1.807, 2.05) is 24.4 Å². The topological polar surface area (TPSA) is 26.0 Å². The van der Waals surface area contributed by atoms with Crippen LogP contribution in [0.5, 0.6) is 0 Å². The summed E-state index contributed by atoms with van der Waals surface area (Å²) in [6, 6.07) is 12.6. The SMILES string of the molecule is Cc1cccc(SCc2nc(-c3cccs3)oc2C)c1. The van der Waals surface area contributed by atoms with Gasteiger partial charge in [-0.1, -0.05) is 23.8 Å². The van der Waals surface area contributed by atoms with Crippen molar-refractivity contribution in [3.63, 3.8) is 0 Å². The van der Waals surface area contributed by atoms with Gasteiger partial charge in [0.1, 0.15) is 5.76 Å². The minimum Gasteiger partial charge on any atom is -0.440 e. The number of nitrogens with zero attached hydrogens (tertiary/aromatic N) is 1. The van der Waals surface area contributed by atoms with Gasteiger partial charge in [0.2, 0.25) is 5.89 Å². The van der Waals surface area contributed by atoms with Crippen molar-refractivity contribution < 1.29 is 4.42 Å². The van der Waals surface area contributed by atoms with Crippen molar-refractivity contribution in [2.75, 3.05) is 0 Å². The number of rotatable bonds is 4. The second-order valence-corrected chi connectivity index (χ2v) is 6.60. The van der Waals surface area contributed by atoms with Crippen LogP contribution in [0.25, 0.3) is 10.8 Å². The maximum atomic E-state index is 5.76. The van der Waals surface area contributed by atoms with Crippen molar-refractivity contribution in [3.05, 3.63) is 58.8 Å². The number of oxazole rings is 1. The Morgan fingerprint density at radius 3 is 2.85 bits per heavy atom. The minimum absolute atomic E-state index is 0.734. The van der Waals surface area contributed by atoms with Crippen LogP contribution in [0, 0.1) is 13.8 Å². The summed E-state index contributed by atoms with van der Waals surface area (Å²) in [7, 11) is 0. The molecule has 2 heterocycles. The van der Waals surface area contributed by atoms with E-state index in [9.17, 15) is 0 Å². The summed E-state index contributed by atoms with van der Waals surface area (Å²) in [5, 5.41) is 2.04. The summed E-state index contributed by atoms with van der Waals surface area (Å²) >= 11 is 3.44. The number of thioether (sulfide) groups is 1. The zero-order valence-electron chi connectivity index (χ0n) is 11.4. The van der Waals surface area contributed by atoms with E-state index in [2.05, 4.69) is 36.2 Å². The lowest BCUT2D eigenvalue weighted by atomic mass is 10.2. The van der Waals surface area contributed by atoms with Gasteiger partial charge in [-0.05, 0) is 37.4 Å². The molecule has 20 heavy (non-hydrogen) atoms. The first-order valence-corrected chi connectivity index (χ1v) is 8.28. The van der Waals surface area contributed by atoms with E-state index in [4.69, 9.17) is 4.42 Å². The molecule has 4 heteroatoms. The van der Waals surface area contributed by atoms with E-state index in [1.54, 1.807) is 23.1 Å². The fraction of sp³-hybridized carbons (Fsp3) is 0.188. The highest BCUT2D eigenvalue weighted by Crippen LogP contribution is 2.29. The Morgan fingerprint density at radius 1 is 1.20 bits per heavy atom. The molecule has 0 amide bonds. The van der Waals surface area contributed by atoms with E-state index in [1.165, 1.54) is 10.5 Å². The maximum absolute atomic E-state index is 5.76. The fourth-order valence-electron chi connectivity index (χ4n) is 1.92. The molecule has 0 unspecified atom stereocenters. The zero-order chi connectivity index (χ0) is 13.9. The molecule has 0 fully saturated rings. The maximum Gasteiger partial charge on any atom is 0.236 e. The van der Waals surface area contributed by atoms with Crippen LogP contribution in [0.3, 0.4) is 0 Å². The summed E-state index contributed by atoms with van der Waals surface area (Å²) in [5.41, 5.74) is 2.31. The first kappa shape index (κ1) is 13.5. The number of hydrogen-bond acceptors (Lipinski definition) is 4. The average Bonchev–Trinajstić information content (AvgIpc) is 3.06. The van der Waals surface area contributed by atoms with Gasteiger partial charge in [0.05, 0.1) is 10.6 Å². The molecule has 1 aromatic carbocycles. The van der Waals surface area contributed by atoms with Gasteiger partial charge in [0, 0.05) is 10.6 Å². The van der Waals surface area contributed by atoms with Crippen LogP contribution in [0.15, 0.2) is 51.1 Å². The van der Waals surface area contributed by atoms with Crippen molar-refractivity contribution >= 4 is 23.1 Å². The van der Waals surface area contributed by atoms with E-state index in [0.717, 1.165) is 28.0 Å². The predicted molar refractivity (Wildman–Crippen MR) is 85.3 cm³/mol. The number of aromatic nitrogens is 1. The van der Waals surface area contributed by atoms with Gasteiger partial charge in [-0.3, -0.25) is 0 Å². The molecule has 3 rings (SSSR count). The summed E-state index contributed by atoms with van der Waals surface area (Å²) in [5.74, 6) is 2.48. The molecule has 2 aromatic heterocycles. The monoisotopic (exact) mass is 301 g/mol. The highest BCUT2D eigenvalue weighted by molar-refractivity contribution is 7.98. The first-order valence-electron chi connectivity index (χ1n) is 6.42. The van der Waals surface area contributed by atoms with Gasteiger partial charge in [0.25, 0.3) is 0 Å². The van der Waals surface area contributed by atoms with Crippen LogP contribution in [-0.2, 0) is 5.75 Å². The number of hydrogen-bond donors (Lipinski definition) is 0. The fourth-order valence-corrected chi connectivity index (χ4v) is 3.59. The van der Waals surface area contributed by atoms with Gasteiger partial charge < -0.3 is 4.42 Å². The van der Waals surface area contributed by atoms with Crippen LogP contribution in [-0.4, -0.2) is 4.98 Å². The molecule has 2 nitrogen and oxygen atoms in total. The lowest BCUT2D eigenvalue weighted by molar-refractivity contribution is 0.542. The van der Waals surface area contributed by atoms with Crippen molar-refractivity contribution in [3.8, 4) is 10.8 Å².